The summed E-state index contributed by atoms with van der Waals surface area (Å²) in [6.45, 7) is 5.78. The Morgan fingerprint density at radius 3 is 1.98 bits per heavy atom. The van der Waals surface area contributed by atoms with E-state index in [0.717, 1.165) is 87.8 Å². The van der Waals surface area contributed by atoms with E-state index in [1.807, 2.05) is 31.2 Å². The third-order valence-electron chi connectivity index (χ3n) is 7.22. The first-order chi connectivity index (χ1) is 22.4. The highest BCUT2D eigenvalue weighted by Gasteiger charge is 2.20. The summed E-state index contributed by atoms with van der Waals surface area (Å²) >= 11 is 0. The number of unbranched alkanes of at least 4 members (excludes halogenated alkanes) is 1. The predicted molar refractivity (Wildman–Crippen MR) is 181 cm³/mol. The summed E-state index contributed by atoms with van der Waals surface area (Å²) in [6.07, 6.45) is 14.2. The monoisotopic (exact) mass is 659 g/mol. The number of nitrogens with zero attached hydrogens (tertiary/aromatic N) is 2. The van der Waals surface area contributed by atoms with Crippen LogP contribution >= 0.6 is 0 Å². The molecule has 0 saturated carbocycles. The zero-order valence-electron chi connectivity index (χ0n) is 28.0. The first kappa shape index (κ1) is 43.5. The molecule has 2 aliphatic rings. The lowest BCUT2D eigenvalue weighted by molar-refractivity contribution is -0.139. The molecule has 0 aromatic carbocycles. The Morgan fingerprint density at radius 1 is 0.787 bits per heavy atom. The molecule has 0 saturated heterocycles. The van der Waals surface area contributed by atoms with Gasteiger partial charge in [0.1, 0.15) is 23.3 Å². The quantitative estimate of drug-likeness (QED) is 0.0707. The molecule has 11 heteroatoms. The number of ether oxygens (including phenoxy) is 5. The van der Waals surface area contributed by atoms with Gasteiger partial charge in [-0.25, -0.2) is 9.59 Å². The number of aliphatic hydroxyl groups excluding tert-OH is 1. The number of esters is 2. The second kappa shape index (κ2) is 28.7. The van der Waals surface area contributed by atoms with Crippen LogP contribution in [0.2, 0.25) is 0 Å². The Labute approximate surface area is 282 Å². The van der Waals surface area contributed by atoms with Gasteiger partial charge in [-0.3, -0.25) is 0 Å². The van der Waals surface area contributed by atoms with Crippen molar-refractivity contribution in [3.63, 3.8) is 0 Å². The van der Waals surface area contributed by atoms with Crippen molar-refractivity contribution in [3.8, 4) is 12.1 Å². The fourth-order valence-corrected chi connectivity index (χ4v) is 4.86. The van der Waals surface area contributed by atoms with Crippen molar-refractivity contribution in [3.05, 3.63) is 45.7 Å². The molecule has 47 heavy (non-hydrogen) atoms. The molecule has 264 valence electrons. The molecule has 2 aliphatic carbocycles. The van der Waals surface area contributed by atoms with Crippen molar-refractivity contribution in [1.82, 2.24) is 5.32 Å². The van der Waals surface area contributed by atoms with E-state index in [1.54, 1.807) is 14.2 Å². The summed E-state index contributed by atoms with van der Waals surface area (Å²) in [4.78, 5) is 24.0. The summed E-state index contributed by atoms with van der Waals surface area (Å²) in [5, 5.41) is 30.5. The largest absolute Gasteiger partial charge is 0.461 e. The number of methoxy groups -OCH3 is 2. The van der Waals surface area contributed by atoms with Crippen molar-refractivity contribution >= 4 is 11.9 Å². The van der Waals surface area contributed by atoms with Gasteiger partial charge in [0.05, 0.1) is 13.2 Å². The maximum atomic E-state index is 12.1. The molecule has 0 aliphatic heterocycles. The smallest absolute Gasteiger partial charge is 0.349 e. The maximum absolute atomic E-state index is 12.1. The number of nitrogens with one attached hydrogen (secondary N) is 1. The molecule has 0 bridgehead atoms. The molecule has 0 aromatic heterocycles. The van der Waals surface area contributed by atoms with Gasteiger partial charge in [-0.1, -0.05) is 19.1 Å². The second-order valence-electron chi connectivity index (χ2n) is 10.8. The molecule has 2 rings (SSSR count). The van der Waals surface area contributed by atoms with Crippen molar-refractivity contribution in [2.45, 2.75) is 91.4 Å². The van der Waals surface area contributed by atoms with Gasteiger partial charge in [0.25, 0.3) is 0 Å². The number of nitriles is 2. The molecule has 0 spiro atoms. The first-order valence-corrected chi connectivity index (χ1v) is 16.4. The zero-order valence-corrected chi connectivity index (χ0v) is 28.0. The van der Waals surface area contributed by atoms with E-state index in [2.05, 4.69) is 5.32 Å². The number of aliphatic hydroxyl groups is 1. The topological polar surface area (TPSA) is 160 Å². The molecule has 0 atom stereocenters. The Kier molecular flexibility index (Phi) is 26.6. The van der Waals surface area contributed by atoms with Gasteiger partial charge in [-0.2, -0.15) is 10.5 Å². The minimum atomic E-state index is -0.608. The Hall–Kier alpha value is -3.48. The average Bonchev–Trinajstić information content (AvgIpc) is 3.07. The van der Waals surface area contributed by atoms with Gasteiger partial charge in [-0.05, 0) is 88.4 Å². The van der Waals surface area contributed by atoms with E-state index in [4.69, 9.17) is 28.8 Å². The number of rotatable bonds is 20. The van der Waals surface area contributed by atoms with E-state index in [9.17, 15) is 20.1 Å². The van der Waals surface area contributed by atoms with Gasteiger partial charge in [0, 0.05) is 72.3 Å². The third-order valence-corrected chi connectivity index (χ3v) is 7.22. The number of hydrogen-bond donors (Lipinski definition) is 2. The molecule has 0 unspecified atom stereocenters. The van der Waals surface area contributed by atoms with Crippen LogP contribution < -0.4 is 5.32 Å². The van der Waals surface area contributed by atoms with Crippen LogP contribution in [0, 0.1) is 22.7 Å². The molecule has 0 heterocycles. The lowest BCUT2D eigenvalue weighted by atomic mass is 9.90. The fraction of sp³-hybridized carbons (Fsp3) is 0.667. The predicted octanol–water partition coefficient (Wildman–Crippen LogP) is 5.77. The van der Waals surface area contributed by atoms with Gasteiger partial charge in [-0.15, -0.1) is 0 Å². The van der Waals surface area contributed by atoms with Crippen molar-refractivity contribution in [2.75, 3.05) is 67.0 Å². The van der Waals surface area contributed by atoms with E-state index in [0.29, 0.717) is 39.1 Å². The minimum Gasteiger partial charge on any atom is -0.461 e. The summed E-state index contributed by atoms with van der Waals surface area (Å²) < 4.78 is 25.4. The molecule has 2 N–H and O–H groups in total. The van der Waals surface area contributed by atoms with Crippen LogP contribution in [0.25, 0.3) is 0 Å². The molecular formula is C36H57N3O8. The van der Waals surface area contributed by atoms with Crippen molar-refractivity contribution in [1.29, 1.82) is 10.5 Å². The van der Waals surface area contributed by atoms with E-state index < -0.39 is 11.9 Å². The van der Waals surface area contributed by atoms with E-state index >= 15 is 0 Å². The third kappa shape index (κ3) is 19.1. The molecule has 0 aromatic rings. The van der Waals surface area contributed by atoms with Gasteiger partial charge >= 0.3 is 11.9 Å². The normalized spacial score (nSPS) is 16.0. The Morgan fingerprint density at radius 2 is 1.38 bits per heavy atom. The number of carbonyl (C=O) groups excluding carboxylic acids is 2. The first-order valence-electron chi connectivity index (χ1n) is 16.4. The van der Waals surface area contributed by atoms with Crippen LogP contribution in [0.15, 0.2) is 45.7 Å². The molecule has 0 radical (unpaired) electrons. The highest BCUT2D eigenvalue weighted by molar-refractivity contribution is 5.94. The summed E-state index contributed by atoms with van der Waals surface area (Å²) in [7, 11) is 3.38. The van der Waals surface area contributed by atoms with Crippen LogP contribution in [0.5, 0.6) is 0 Å². The van der Waals surface area contributed by atoms with Crippen LogP contribution in [-0.2, 0) is 33.3 Å². The minimum absolute atomic E-state index is 0. The molecule has 0 amide bonds. The van der Waals surface area contributed by atoms with E-state index in [1.165, 1.54) is 5.57 Å². The number of carbonyl (C=O) groups is 2. The average molecular weight is 660 g/mol. The SMILES string of the molecule is C.CCOCCCOC(=O)/C(C#N)=C1\C=C(CCCCOC)CCC1.COCCCNC1=C/C(=C(/C#N)C(=O)OCCCO)CCC1. The maximum Gasteiger partial charge on any atom is 0.349 e. The van der Waals surface area contributed by atoms with Crippen LogP contribution in [0.3, 0.4) is 0 Å². The summed E-state index contributed by atoms with van der Waals surface area (Å²) in [6, 6.07) is 3.98. The molecule has 0 fully saturated rings. The second-order valence-corrected chi connectivity index (χ2v) is 10.8. The molecule has 11 nitrogen and oxygen atoms in total. The van der Waals surface area contributed by atoms with Gasteiger partial charge in [0.15, 0.2) is 0 Å². The molecular weight excluding hydrogens is 602 g/mol. The lowest BCUT2D eigenvalue weighted by Gasteiger charge is -2.18. The summed E-state index contributed by atoms with van der Waals surface area (Å²) in [5.41, 5.74) is 4.10. The van der Waals surface area contributed by atoms with E-state index in [-0.39, 0.29) is 38.4 Å². The van der Waals surface area contributed by atoms with Gasteiger partial charge in [0.2, 0.25) is 0 Å². The Balaban J connectivity index is 0.000000885. The summed E-state index contributed by atoms with van der Waals surface area (Å²) in [5.74, 6) is -1.12. The number of allylic oxidation sites excluding steroid dienone is 6. The van der Waals surface area contributed by atoms with Crippen molar-refractivity contribution in [2.24, 2.45) is 0 Å². The zero-order chi connectivity index (χ0) is 33.8. The highest BCUT2D eigenvalue weighted by Crippen LogP contribution is 2.28. The standard InChI is InChI=1S/C19H29NO4.C16H24N2O4.CH4/c1-3-23-12-7-13-24-19(21)18(15-20)17-10-6-9-16(14-17)8-4-5-11-22-2;1-21-9-3-7-18-14-6-2-5-13(11-14)15(12-17)16(20)22-10-4-8-19;/h14H,3-13H2,1-2H3;11,18-19H,2-10H2,1H3;1H4/b18-17-;15-13-;. The van der Waals surface area contributed by atoms with Crippen LogP contribution in [-0.4, -0.2) is 84.1 Å². The fourth-order valence-electron chi connectivity index (χ4n) is 4.86. The van der Waals surface area contributed by atoms with Crippen molar-refractivity contribution < 1.29 is 38.4 Å². The Bertz CT molecular complexity index is 1130. The van der Waals surface area contributed by atoms with Gasteiger partial charge < -0.3 is 34.1 Å². The van der Waals surface area contributed by atoms with Crippen LogP contribution in [0.4, 0.5) is 0 Å². The highest BCUT2D eigenvalue weighted by atomic mass is 16.5. The lowest BCUT2D eigenvalue weighted by Crippen LogP contribution is -2.19. The van der Waals surface area contributed by atoms with Crippen LogP contribution in [0.1, 0.15) is 91.4 Å². The number of hydrogen-bond acceptors (Lipinski definition) is 11.